The number of ether oxygens (including phenoxy) is 2. The summed E-state index contributed by atoms with van der Waals surface area (Å²) in [4.78, 5) is 34.1. The van der Waals surface area contributed by atoms with Crippen LogP contribution in [-0.2, 0) is 34.3 Å². The van der Waals surface area contributed by atoms with Gasteiger partial charge in [-0.3, -0.25) is 28.1 Å². The van der Waals surface area contributed by atoms with E-state index in [1.54, 1.807) is 37.4 Å². The lowest BCUT2D eigenvalue weighted by molar-refractivity contribution is -0.125. The van der Waals surface area contributed by atoms with Crippen molar-refractivity contribution in [3.8, 4) is 17.2 Å². The Hall–Kier alpha value is -4.25. The average Bonchev–Trinajstić information content (AvgIpc) is 3.35. The van der Waals surface area contributed by atoms with Gasteiger partial charge in [0.1, 0.15) is 24.0 Å². The van der Waals surface area contributed by atoms with Crippen molar-refractivity contribution >= 4 is 64.3 Å². The molecule has 0 saturated heterocycles. The lowest BCUT2D eigenvalue weighted by Crippen LogP contribution is -2.33. The van der Waals surface area contributed by atoms with E-state index in [1.165, 1.54) is 11.0 Å². The molecule has 16 heteroatoms. The molecule has 0 unspecified atom stereocenters. The highest BCUT2D eigenvalue weighted by Gasteiger charge is 2.33. The summed E-state index contributed by atoms with van der Waals surface area (Å²) in [6, 6.07) is 16.4. The van der Waals surface area contributed by atoms with Crippen molar-refractivity contribution in [2.75, 3.05) is 50.9 Å². The molecule has 302 valence electrons. The number of fused-ring (bicyclic) bond motifs is 2. The first-order valence-electron chi connectivity index (χ1n) is 18.8. The number of methoxy groups -OCH3 is 1. The lowest BCUT2D eigenvalue weighted by Gasteiger charge is -2.26. The Morgan fingerprint density at radius 2 is 1.68 bits per heavy atom. The van der Waals surface area contributed by atoms with Gasteiger partial charge in [-0.15, -0.1) is 0 Å². The lowest BCUT2D eigenvalue weighted by atomic mass is 10.1. The van der Waals surface area contributed by atoms with Gasteiger partial charge in [0, 0.05) is 72.0 Å². The Bertz CT molecular complexity index is 2070. The van der Waals surface area contributed by atoms with E-state index in [1.807, 2.05) is 49.4 Å². The van der Waals surface area contributed by atoms with Gasteiger partial charge in [0.15, 0.2) is 17.2 Å². The van der Waals surface area contributed by atoms with E-state index in [0.717, 1.165) is 23.0 Å². The molecule has 0 spiro atoms. The molecule has 0 aliphatic carbocycles. The molecule has 56 heavy (non-hydrogen) atoms. The number of carbonyl (C=O) groups excluding carboxylic acids is 2. The second kappa shape index (κ2) is 18.3. The van der Waals surface area contributed by atoms with Crippen molar-refractivity contribution in [3.63, 3.8) is 0 Å². The number of anilines is 2. The van der Waals surface area contributed by atoms with Gasteiger partial charge in [0.25, 0.3) is 0 Å². The van der Waals surface area contributed by atoms with E-state index in [-0.39, 0.29) is 38.2 Å². The molecule has 1 aliphatic rings. The zero-order chi connectivity index (χ0) is 40.7. The van der Waals surface area contributed by atoms with E-state index in [0.29, 0.717) is 58.8 Å². The second-order valence-corrected chi connectivity index (χ2v) is 29.1. The summed E-state index contributed by atoms with van der Waals surface area (Å²) >= 11 is 0. The number of nitrogens with one attached hydrogen (secondary N) is 1. The summed E-state index contributed by atoms with van der Waals surface area (Å²) in [5.74, 6) is 2.37. The average molecular weight is 823 g/mol. The van der Waals surface area contributed by atoms with Crippen LogP contribution in [-0.4, -0.2) is 78.5 Å². The fourth-order valence-corrected chi connectivity index (χ4v) is 8.59. The molecule has 0 fully saturated rings. The number of phosphoric ester groups is 1. The van der Waals surface area contributed by atoms with Gasteiger partial charge >= 0.3 is 7.82 Å². The molecule has 0 bridgehead atoms. The van der Waals surface area contributed by atoms with Gasteiger partial charge in [0.05, 0.1) is 26.0 Å². The van der Waals surface area contributed by atoms with Gasteiger partial charge < -0.3 is 24.1 Å². The Kier molecular flexibility index (Phi) is 14.1. The minimum Gasteiger partial charge on any atom is -0.497 e. The summed E-state index contributed by atoms with van der Waals surface area (Å²) in [6.45, 7) is 15.9. The van der Waals surface area contributed by atoms with Crippen LogP contribution in [0.2, 0.25) is 51.4 Å². The molecule has 1 N–H and O–H groups in total. The van der Waals surface area contributed by atoms with Crippen LogP contribution in [0, 0.1) is 6.92 Å². The smallest absolute Gasteiger partial charge is 0.476 e. The van der Waals surface area contributed by atoms with Crippen LogP contribution in [0.15, 0.2) is 65.2 Å². The van der Waals surface area contributed by atoms with Gasteiger partial charge in [-0.25, -0.2) is 9.55 Å². The number of pyridine rings is 1. The third-order valence-electron chi connectivity index (χ3n) is 9.09. The fourth-order valence-electron chi connectivity index (χ4n) is 5.71. The normalized spacial score (nSPS) is 13.8. The number of likely N-dealkylation sites (N-methyl/N-ethyl adjacent to an activating group) is 1. The number of hydrogen-bond acceptors (Lipinski definition) is 11. The fraction of sp³-hybridized carbons (Fsp3) is 0.425. The van der Waals surface area contributed by atoms with Crippen molar-refractivity contribution in [3.05, 3.63) is 77.7 Å². The molecule has 0 radical (unpaired) electrons. The van der Waals surface area contributed by atoms with Crippen molar-refractivity contribution in [2.45, 2.75) is 71.3 Å². The van der Waals surface area contributed by atoms with Crippen molar-refractivity contribution in [2.24, 2.45) is 0 Å². The van der Waals surface area contributed by atoms with Gasteiger partial charge in [-0.1, -0.05) is 57.5 Å². The maximum atomic E-state index is 13.8. The monoisotopic (exact) mass is 822 g/mol. The number of phosphoric acid groups is 1. The van der Waals surface area contributed by atoms with E-state index in [9.17, 15) is 14.2 Å². The number of aromatic nitrogens is 1. The summed E-state index contributed by atoms with van der Waals surface area (Å²) < 4.78 is 48.8. The van der Waals surface area contributed by atoms with Crippen LogP contribution in [0.4, 0.5) is 11.5 Å². The number of rotatable bonds is 18. The van der Waals surface area contributed by atoms with E-state index in [2.05, 4.69) is 49.6 Å². The third-order valence-corrected chi connectivity index (χ3v) is 13.9. The summed E-state index contributed by atoms with van der Waals surface area (Å²) in [5, 5.41) is 4.10. The molecule has 2 aromatic heterocycles. The highest BCUT2D eigenvalue weighted by Crippen LogP contribution is 2.50. The number of para-hydroxylation sites is 1. The van der Waals surface area contributed by atoms with Gasteiger partial charge in [-0.2, -0.15) is 0 Å². The molecule has 0 atom stereocenters. The zero-order valence-electron chi connectivity index (χ0n) is 34.0. The summed E-state index contributed by atoms with van der Waals surface area (Å²) in [5.41, 5.74) is 2.68. The number of benzene rings is 2. The Morgan fingerprint density at radius 1 is 1.00 bits per heavy atom. The van der Waals surface area contributed by atoms with Crippen molar-refractivity contribution in [1.82, 2.24) is 9.88 Å². The molecular weight excluding hydrogens is 768 g/mol. The summed E-state index contributed by atoms with van der Waals surface area (Å²) in [6.07, 6.45) is 4.89. The maximum Gasteiger partial charge on any atom is 0.476 e. The Morgan fingerprint density at radius 3 is 2.36 bits per heavy atom. The minimum atomic E-state index is -3.98. The molecule has 5 rings (SSSR count). The minimum absolute atomic E-state index is 0.169. The van der Waals surface area contributed by atoms with Crippen molar-refractivity contribution in [1.29, 1.82) is 0 Å². The van der Waals surface area contributed by atoms with Crippen LogP contribution in [0.3, 0.4) is 0 Å². The van der Waals surface area contributed by atoms with Crippen LogP contribution < -0.4 is 19.7 Å². The van der Waals surface area contributed by atoms with E-state index in [4.69, 9.17) is 27.5 Å². The van der Waals surface area contributed by atoms with E-state index >= 15 is 0 Å². The first-order chi connectivity index (χ1) is 26.4. The molecule has 4 aromatic rings. The zero-order valence-corrected chi connectivity index (χ0v) is 36.9. The first kappa shape index (κ1) is 42.9. The van der Waals surface area contributed by atoms with Gasteiger partial charge in [-0.05, 0) is 54.9 Å². The van der Waals surface area contributed by atoms with Crippen LogP contribution in [0.5, 0.6) is 17.2 Å². The van der Waals surface area contributed by atoms with Gasteiger partial charge in [0.2, 0.25) is 11.8 Å². The molecule has 2 amide bonds. The molecule has 2 aromatic carbocycles. The van der Waals surface area contributed by atoms with Crippen molar-refractivity contribution < 1.29 is 41.6 Å². The number of nitrogens with zero attached hydrogens (tertiary/aromatic N) is 3. The number of amides is 2. The topological polar surface area (TPSA) is 142 Å². The van der Waals surface area contributed by atoms with E-state index < -0.39 is 24.0 Å². The second-order valence-electron chi connectivity index (χ2n) is 16.2. The molecule has 3 heterocycles. The SMILES string of the molecule is COc1cccc(Oc2cccc3c(CN(C)C(=O)/C=C/c4cnc5c(c4)NCCC(=O)N5COP(=O)(OCC[Si](C)(C)C)OCC[Si](C)(C)C)c(C)oc23)c1. The number of carbonyl (C=O) groups is 2. The predicted octanol–water partition coefficient (Wildman–Crippen LogP) is 9.55. The number of furan rings is 1. The standard InChI is InChI=1S/C40H55N4O9PSi2/c1-29-34(33-14-11-15-36(39(33)52-29)53-32-13-10-12-31(25-32)48-3)27-43(2)37(45)17-16-30-24-35-40(42-26-30)44(38(46)18-19-41-35)28-51-54(47,49-20-22-55(4,5)6)50-21-23-56(7,8)9/h10-17,24-26,41H,18-23,27-28H2,1-9H3/b17-16+. The quantitative estimate of drug-likeness (QED) is 0.0583. The number of aryl methyl sites for hydroxylation is 1. The maximum absolute atomic E-state index is 13.8. The third kappa shape index (κ3) is 11.9. The largest absolute Gasteiger partial charge is 0.497 e. The molecule has 1 aliphatic heterocycles. The Labute approximate surface area is 331 Å². The Balaban J connectivity index is 1.26. The van der Waals surface area contributed by atoms with Crippen LogP contribution in [0.25, 0.3) is 17.0 Å². The summed E-state index contributed by atoms with van der Waals surface area (Å²) in [7, 11) is -3.61. The number of hydrogen-bond donors (Lipinski definition) is 1. The van der Waals surface area contributed by atoms with Crippen LogP contribution >= 0.6 is 7.82 Å². The highest BCUT2D eigenvalue weighted by atomic mass is 31.2. The first-order valence-corrected chi connectivity index (χ1v) is 27.7. The van der Waals surface area contributed by atoms with Crippen LogP contribution in [0.1, 0.15) is 23.3 Å². The molecule has 13 nitrogen and oxygen atoms in total. The highest BCUT2D eigenvalue weighted by molar-refractivity contribution is 7.48. The predicted molar refractivity (Wildman–Crippen MR) is 226 cm³/mol. The molecule has 0 saturated carbocycles. The molecular formula is C40H55N4O9PSi2.